The van der Waals surface area contributed by atoms with E-state index in [9.17, 15) is 4.79 Å². The Morgan fingerprint density at radius 2 is 1.43 bits per heavy atom. The smallest absolute Gasteiger partial charge is 0.255 e. The third-order valence-corrected chi connectivity index (χ3v) is 5.84. The fourth-order valence-corrected chi connectivity index (χ4v) is 4.17. The molecule has 0 radical (unpaired) electrons. The van der Waals surface area contributed by atoms with Gasteiger partial charge in [-0.1, -0.05) is 12.8 Å². The first kappa shape index (κ1) is 19.1. The topological polar surface area (TPSA) is 65.5 Å². The van der Waals surface area contributed by atoms with E-state index >= 15 is 0 Å². The number of carbonyl (C=O) groups is 1. The van der Waals surface area contributed by atoms with E-state index < -0.39 is 0 Å². The average Bonchev–Trinajstić information content (AvgIpc) is 3.03. The highest BCUT2D eigenvalue weighted by atomic mass is 79.9. The van der Waals surface area contributed by atoms with Gasteiger partial charge in [-0.25, -0.2) is 0 Å². The van der Waals surface area contributed by atoms with E-state index in [1.807, 2.05) is 11.0 Å². The van der Waals surface area contributed by atoms with Crippen molar-refractivity contribution >= 4 is 33.5 Å². The van der Waals surface area contributed by atoms with Crippen LogP contribution in [0, 0.1) is 0 Å². The quantitative estimate of drug-likeness (QED) is 0.724. The second kappa shape index (κ2) is 8.86. The minimum atomic E-state index is 0.0241. The summed E-state index contributed by atoms with van der Waals surface area (Å²) in [5, 5.41) is 8.93. The van der Waals surface area contributed by atoms with Crippen LogP contribution in [0.3, 0.4) is 0 Å². The molecule has 1 amide bonds. The molecule has 4 heterocycles. The van der Waals surface area contributed by atoms with Crippen molar-refractivity contribution < 1.29 is 4.79 Å². The molecule has 2 aliphatic heterocycles. The number of carbonyl (C=O) groups excluding carboxylic acids is 1. The zero-order valence-electron chi connectivity index (χ0n) is 15.9. The molecule has 0 aliphatic carbocycles. The number of aromatic nitrogens is 3. The summed E-state index contributed by atoms with van der Waals surface area (Å²) in [6, 6.07) is 5.95. The van der Waals surface area contributed by atoms with Crippen molar-refractivity contribution in [1.29, 1.82) is 0 Å². The Morgan fingerprint density at radius 3 is 2.00 bits per heavy atom. The Labute approximate surface area is 173 Å². The van der Waals surface area contributed by atoms with Gasteiger partial charge >= 0.3 is 0 Å². The highest BCUT2D eigenvalue weighted by molar-refractivity contribution is 9.10. The summed E-state index contributed by atoms with van der Waals surface area (Å²) in [5.41, 5.74) is 0.615. The number of amides is 1. The normalized spacial score (nSPS) is 18.1. The number of piperazine rings is 1. The van der Waals surface area contributed by atoms with Crippen LogP contribution in [0.1, 0.15) is 36.0 Å². The molecule has 2 saturated heterocycles. The van der Waals surface area contributed by atoms with Crippen molar-refractivity contribution in [2.45, 2.75) is 25.7 Å². The van der Waals surface area contributed by atoms with E-state index in [0.717, 1.165) is 42.3 Å². The van der Waals surface area contributed by atoms with Gasteiger partial charge in [-0.3, -0.25) is 9.78 Å². The predicted octanol–water partition coefficient (Wildman–Crippen LogP) is 2.98. The van der Waals surface area contributed by atoms with Crippen LogP contribution in [0.15, 0.2) is 35.1 Å². The molecule has 4 rings (SSSR count). The number of anilines is 2. The molecule has 148 valence electrons. The minimum absolute atomic E-state index is 0.0241. The van der Waals surface area contributed by atoms with Gasteiger partial charge in [0.05, 0.1) is 5.56 Å². The van der Waals surface area contributed by atoms with Crippen molar-refractivity contribution in [2.24, 2.45) is 0 Å². The lowest BCUT2D eigenvalue weighted by atomic mass is 10.2. The molecule has 2 aromatic rings. The van der Waals surface area contributed by atoms with E-state index in [1.165, 1.54) is 25.7 Å². The maximum Gasteiger partial charge on any atom is 0.255 e. The second-order valence-corrected chi connectivity index (χ2v) is 8.24. The Balaban J connectivity index is 1.35. The highest BCUT2D eigenvalue weighted by Gasteiger charge is 2.23. The molecular weight excluding hydrogens is 420 g/mol. The number of halogens is 1. The first-order valence-electron chi connectivity index (χ1n) is 9.94. The first-order valence-corrected chi connectivity index (χ1v) is 10.7. The van der Waals surface area contributed by atoms with Crippen LogP contribution in [0.5, 0.6) is 0 Å². The average molecular weight is 445 g/mol. The lowest BCUT2D eigenvalue weighted by Gasteiger charge is -2.35. The summed E-state index contributed by atoms with van der Waals surface area (Å²) in [4.78, 5) is 23.2. The summed E-state index contributed by atoms with van der Waals surface area (Å²) in [6.45, 7) is 4.98. The van der Waals surface area contributed by atoms with Crippen LogP contribution in [-0.4, -0.2) is 65.3 Å². The standard InChI is InChI=1S/C20H25BrN6O/c21-17-13-16(14-22-15-17)20(28)27-11-9-26(10-12-27)19-6-5-18(23-24-19)25-7-3-1-2-4-8-25/h5-6,13-15H,1-4,7-12H2. The lowest BCUT2D eigenvalue weighted by Crippen LogP contribution is -2.49. The van der Waals surface area contributed by atoms with E-state index in [-0.39, 0.29) is 5.91 Å². The second-order valence-electron chi connectivity index (χ2n) is 7.32. The van der Waals surface area contributed by atoms with Gasteiger partial charge in [-0.05, 0) is 47.0 Å². The van der Waals surface area contributed by atoms with Crippen LogP contribution < -0.4 is 9.80 Å². The fraction of sp³-hybridized carbons (Fsp3) is 0.500. The number of nitrogens with zero attached hydrogens (tertiary/aromatic N) is 6. The number of hydrogen-bond donors (Lipinski definition) is 0. The molecular formula is C20H25BrN6O. The largest absolute Gasteiger partial charge is 0.355 e. The molecule has 0 unspecified atom stereocenters. The number of hydrogen-bond acceptors (Lipinski definition) is 6. The molecule has 8 heteroatoms. The van der Waals surface area contributed by atoms with Crippen LogP contribution in [0.2, 0.25) is 0 Å². The molecule has 0 N–H and O–H groups in total. The molecule has 0 spiro atoms. The third-order valence-electron chi connectivity index (χ3n) is 5.41. The summed E-state index contributed by atoms with van der Waals surface area (Å²) in [6.07, 6.45) is 8.37. The molecule has 2 aromatic heterocycles. The van der Waals surface area contributed by atoms with Crippen molar-refractivity contribution in [3.8, 4) is 0 Å². The summed E-state index contributed by atoms with van der Waals surface area (Å²) >= 11 is 3.37. The van der Waals surface area contributed by atoms with Gasteiger partial charge in [-0.2, -0.15) is 0 Å². The summed E-state index contributed by atoms with van der Waals surface area (Å²) in [5.74, 6) is 1.88. The van der Waals surface area contributed by atoms with Crippen molar-refractivity contribution in [1.82, 2.24) is 20.1 Å². The minimum Gasteiger partial charge on any atom is -0.355 e. The van der Waals surface area contributed by atoms with Crippen molar-refractivity contribution in [3.05, 3.63) is 40.6 Å². The van der Waals surface area contributed by atoms with Gasteiger partial charge in [-0.15, -0.1) is 10.2 Å². The molecule has 0 bridgehead atoms. The zero-order valence-corrected chi connectivity index (χ0v) is 17.5. The Hall–Kier alpha value is -2.22. The SMILES string of the molecule is O=C(c1cncc(Br)c1)N1CCN(c2ccc(N3CCCCCC3)nn2)CC1. The first-order chi connectivity index (χ1) is 13.7. The number of rotatable bonds is 3. The maximum absolute atomic E-state index is 12.7. The van der Waals surface area contributed by atoms with Gasteiger partial charge in [0.25, 0.3) is 5.91 Å². The molecule has 2 fully saturated rings. The van der Waals surface area contributed by atoms with E-state index in [4.69, 9.17) is 0 Å². The summed E-state index contributed by atoms with van der Waals surface area (Å²) < 4.78 is 0.816. The summed E-state index contributed by atoms with van der Waals surface area (Å²) in [7, 11) is 0. The van der Waals surface area contributed by atoms with Crippen LogP contribution in [0.4, 0.5) is 11.6 Å². The third kappa shape index (κ3) is 4.43. The molecule has 7 nitrogen and oxygen atoms in total. The van der Waals surface area contributed by atoms with Gasteiger partial charge in [0.2, 0.25) is 0 Å². The maximum atomic E-state index is 12.7. The monoisotopic (exact) mass is 444 g/mol. The Morgan fingerprint density at radius 1 is 0.821 bits per heavy atom. The van der Waals surface area contributed by atoms with E-state index in [0.29, 0.717) is 18.7 Å². The molecule has 0 saturated carbocycles. The van der Waals surface area contributed by atoms with Gasteiger partial charge < -0.3 is 14.7 Å². The van der Waals surface area contributed by atoms with Crippen molar-refractivity contribution in [2.75, 3.05) is 49.1 Å². The predicted molar refractivity (Wildman–Crippen MR) is 113 cm³/mol. The number of pyridine rings is 1. The van der Waals surface area contributed by atoms with Crippen LogP contribution in [0.25, 0.3) is 0 Å². The molecule has 28 heavy (non-hydrogen) atoms. The highest BCUT2D eigenvalue weighted by Crippen LogP contribution is 2.20. The van der Waals surface area contributed by atoms with Crippen molar-refractivity contribution in [3.63, 3.8) is 0 Å². The molecule has 0 aromatic carbocycles. The van der Waals surface area contributed by atoms with E-state index in [2.05, 4.69) is 53.0 Å². The van der Waals surface area contributed by atoms with Gasteiger partial charge in [0.15, 0.2) is 11.6 Å². The molecule has 2 aliphatic rings. The fourth-order valence-electron chi connectivity index (χ4n) is 3.81. The lowest BCUT2D eigenvalue weighted by molar-refractivity contribution is 0.0746. The van der Waals surface area contributed by atoms with Crippen LogP contribution in [-0.2, 0) is 0 Å². The zero-order chi connectivity index (χ0) is 19.3. The van der Waals surface area contributed by atoms with Gasteiger partial charge in [0, 0.05) is 56.1 Å². The van der Waals surface area contributed by atoms with Crippen LogP contribution >= 0.6 is 15.9 Å². The van der Waals surface area contributed by atoms with E-state index in [1.54, 1.807) is 12.4 Å². The Kier molecular flexibility index (Phi) is 6.04. The Bertz CT molecular complexity index is 799. The van der Waals surface area contributed by atoms with Gasteiger partial charge in [0.1, 0.15) is 0 Å². The molecule has 0 atom stereocenters.